The molecule has 0 radical (unpaired) electrons. The third-order valence-corrected chi connectivity index (χ3v) is 2.82. The number of hydrogen-bond acceptors (Lipinski definition) is 2. The van der Waals surface area contributed by atoms with Crippen LogP contribution in [0.2, 0.25) is 0 Å². The summed E-state index contributed by atoms with van der Waals surface area (Å²) in [6, 6.07) is 16.2. The van der Waals surface area contributed by atoms with Crippen molar-refractivity contribution in [1.82, 2.24) is 0 Å². The van der Waals surface area contributed by atoms with Crippen LogP contribution in [0.1, 0.15) is 11.1 Å². The molecule has 0 aliphatic carbocycles. The number of rotatable bonds is 5. The van der Waals surface area contributed by atoms with E-state index in [2.05, 4.69) is 0 Å². The number of nitriles is 1. The molecule has 0 atom stereocenters. The Morgan fingerprint density at radius 2 is 1.65 bits per heavy atom. The molecule has 2 aromatic rings. The molecule has 0 aliphatic heterocycles. The minimum absolute atomic E-state index is 0.0684. The van der Waals surface area contributed by atoms with Crippen LogP contribution in [0.25, 0.3) is 0 Å². The lowest BCUT2D eigenvalue weighted by Gasteiger charge is -2.17. The van der Waals surface area contributed by atoms with Crippen LogP contribution in [0.5, 0.6) is 5.75 Å². The highest BCUT2D eigenvalue weighted by Gasteiger charge is 2.32. The Kier molecular flexibility index (Phi) is 4.31. The maximum absolute atomic E-state index is 13.9. The second-order valence-electron chi connectivity index (χ2n) is 4.34. The summed E-state index contributed by atoms with van der Waals surface area (Å²) in [5.41, 5.74) is 0.760. The predicted octanol–water partition coefficient (Wildman–Crippen LogP) is 3.92. The highest BCUT2D eigenvalue weighted by molar-refractivity contribution is 5.29. The van der Waals surface area contributed by atoms with E-state index in [1.165, 1.54) is 12.1 Å². The van der Waals surface area contributed by atoms with Gasteiger partial charge in [-0.05, 0) is 17.7 Å². The monoisotopic (exact) mass is 273 g/mol. The molecule has 0 saturated carbocycles. The highest BCUT2D eigenvalue weighted by Crippen LogP contribution is 2.28. The molecule has 4 heteroatoms. The molecule has 0 saturated heterocycles. The van der Waals surface area contributed by atoms with Crippen molar-refractivity contribution in [2.45, 2.75) is 12.3 Å². The summed E-state index contributed by atoms with van der Waals surface area (Å²) >= 11 is 0. The molecule has 0 unspecified atom stereocenters. The quantitative estimate of drug-likeness (QED) is 0.827. The number of ether oxygens (including phenoxy) is 1. The second-order valence-corrected chi connectivity index (χ2v) is 4.34. The molecule has 0 N–H and O–H groups in total. The number of alkyl halides is 2. The highest BCUT2D eigenvalue weighted by atomic mass is 19.3. The summed E-state index contributed by atoms with van der Waals surface area (Å²) in [5.74, 6) is -2.67. The Morgan fingerprint density at radius 3 is 2.25 bits per heavy atom. The summed E-state index contributed by atoms with van der Waals surface area (Å²) in [7, 11) is 0. The van der Waals surface area contributed by atoms with E-state index in [0.717, 1.165) is 5.56 Å². The van der Waals surface area contributed by atoms with E-state index >= 15 is 0 Å². The van der Waals surface area contributed by atoms with Crippen LogP contribution in [0.3, 0.4) is 0 Å². The zero-order chi connectivity index (χ0) is 14.4. The van der Waals surface area contributed by atoms with Crippen molar-refractivity contribution in [2.24, 2.45) is 0 Å². The van der Waals surface area contributed by atoms with Crippen LogP contribution in [0, 0.1) is 11.3 Å². The van der Waals surface area contributed by atoms with Gasteiger partial charge in [-0.25, -0.2) is 0 Å². The largest absolute Gasteiger partial charge is 0.487 e. The summed E-state index contributed by atoms with van der Waals surface area (Å²) in [6.45, 7) is -0.714. The first-order valence-corrected chi connectivity index (χ1v) is 6.14. The van der Waals surface area contributed by atoms with Gasteiger partial charge in [0.15, 0.2) is 6.61 Å². The lowest BCUT2D eigenvalue weighted by molar-refractivity contribution is -0.0467. The Bertz CT molecular complexity index is 588. The summed E-state index contributed by atoms with van der Waals surface area (Å²) < 4.78 is 32.9. The van der Waals surface area contributed by atoms with Crippen LogP contribution in [0.4, 0.5) is 8.78 Å². The lowest BCUT2D eigenvalue weighted by Crippen LogP contribution is -2.23. The molecular formula is C16H13F2NO. The smallest absolute Gasteiger partial charge is 0.306 e. The van der Waals surface area contributed by atoms with Crippen LogP contribution in [0.15, 0.2) is 54.6 Å². The molecule has 2 nitrogen and oxygen atoms in total. The van der Waals surface area contributed by atoms with Crippen molar-refractivity contribution in [3.8, 4) is 11.8 Å². The van der Waals surface area contributed by atoms with Gasteiger partial charge in [-0.1, -0.05) is 42.5 Å². The first-order valence-electron chi connectivity index (χ1n) is 6.14. The average molecular weight is 273 g/mol. The molecular weight excluding hydrogens is 260 g/mol. The maximum Gasteiger partial charge on any atom is 0.306 e. The van der Waals surface area contributed by atoms with Crippen molar-refractivity contribution in [1.29, 1.82) is 5.26 Å². The zero-order valence-corrected chi connectivity index (χ0v) is 10.7. The predicted molar refractivity (Wildman–Crippen MR) is 71.6 cm³/mol. The van der Waals surface area contributed by atoms with E-state index in [4.69, 9.17) is 10.00 Å². The SMILES string of the molecule is N#CCc1ccc(OCC(F)(F)c2ccccc2)cc1. The van der Waals surface area contributed by atoms with Crippen molar-refractivity contribution in [3.05, 3.63) is 65.7 Å². The topological polar surface area (TPSA) is 33.0 Å². The van der Waals surface area contributed by atoms with E-state index in [1.54, 1.807) is 42.5 Å². The Morgan fingerprint density at radius 1 is 1.00 bits per heavy atom. The normalized spacial score (nSPS) is 10.8. The standard InChI is InChI=1S/C16H13F2NO/c17-16(18,14-4-2-1-3-5-14)12-20-15-8-6-13(7-9-15)10-11-19/h1-9H,10,12H2. The minimum Gasteiger partial charge on any atom is -0.487 e. The molecule has 0 bridgehead atoms. The molecule has 0 aromatic heterocycles. The van der Waals surface area contributed by atoms with E-state index in [0.29, 0.717) is 12.2 Å². The van der Waals surface area contributed by atoms with Gasteiger partial charge in [0.1, 0.15) is 5.75 Å². The molecule has 0 spiro atoms. The van der Waals surface area contributed by atoms with Gasteiger partial charge in [-0.2, -0.15) is 14.0 Å². The molecule has 2 aromatic carbocycles. The fourth-order valence-corrected chi connectivity index (χ4v) is 1.73. The fourth-order valence-electron chi connectivity index (χ4n) is 1.73. The maximum atomic E-state index is 13.9. The zero-order valence-electron chi connectivity index (χ0n) is 10.7. The first kappa shape index (κ1) is 14.0. The molecule has 2 rings (SSSR count). The fraction of sp³-hybridized carbons (Fsp3) is 0.188. The Labute approximate surface area is 116 Å². The first-order chi connectivity index (χ1) is 9.62. The lowest BCUT2D eigenvalue weighted by atomic mass is 10.1. The minimum atomic E-state index is -3.04. The van der Waals surface area contributed by atoms with Gasteiger partial charge in [0, 0.05) is 5.56 Å². The van der Waals surface area contributed by atoms with E-state index in [9.17, 15) is 8.78 Å². The van der Waals surface area contributed by atoms with Gasteiger partial charge < -0.3 is 4.74 Å². The van der Waals surface area contributed by atoms with Crippen molar-refractivity contribution >= 4 is 0 Å². The number of benzene rings is 2. The third-order valence-electron chi connectivity index (χ3n) is 2.82. The van der Waals surface area contributed by atoms with Crippen molar-refractivity contribution < 1.29 is 13.5 Å². The molecule has 102 valence electrons. The van der Waals surface area contributed by atoms with Crippen LogP contribution in [-0.4, -0.2) is 6.61 Å². The van der Waals surface area contributed by atoms with Gasteiger partial charge in [0.05, 0.1) is 12.5 Å². The number of hydrogen-bond donors (Lipinski definition) is 0. The summed E-state index contributed by atoms with van der Waals surface area (Å²) in [4.78, 5) is 0. The molecule has 0 aliphatic rings. The molecule has 0 amide bonds. The van der Waals surface area contributed by atoms with Crippen LogP contribution < -0.4 is 4.74 Å². The van der Waals surface area contributed by atoms with Crippen molar-refractivity contribution in [3.63, 3.8) is 0 Å². The van der Waals surface area contributed by atoms with E-state index in [-0.39, 0.29) is 5.56 Å². The van der Waals surface area contributed by atoms with Crippen LogP contribution in [-0.2, 0) is 12.3 Å². The average Bonchev–Trinajstić information content (AvgIpc) is 2.48. The molecule has 0 heterocycles. The summed E-state index contributed by atoms with van der Waals surface area (Å²) in [6.07, 6.45) is 0.292. The van der Waals surface area contributed by atoms with Gasteiger partial charge in [-0.15, -0.1) is 0 Å². The van der Waals surface area contributed by atoms with Crippen molar-refractivity contribution in [2.75, 3.05) is 6.61 Å². The van der Waals surface area contributed by atoms with Gasteiger partial charge >= 0.3 is 5.92 Å². The van der Waals surface area contributed by atoms with Gasteiger partial charge in [0.2, 0.25) is 0 Å². The Balaban J connectivity index is 1.99. The van der Waals surface area contributed by atoms with Gasteiger partial charge in [-0.3, -0.25) is 0 Å². The second kappa shape index (κ2) is 6.16. The third kappa shape index (κ3) is 3.55. The van der Waals surface area contributed by atoms with E-state index < -0.39 is 12.5 Å². The van der Waals surface area contributed by atoms with E-state index in [1.807, 2.05) is 6.07 Å². The van der Waals surface area contributed by atoms with Gasteiger partial charge in [0.25, 0.3) is 0 Å². The summed E-state index contributed by atoms with van der Waals surface area (Å²) in [5, 5.41) is 8.54. The van der Waals surface area contributed by atoms with Crippen LogP contribution >= 0.6 is 0 Å². The Hall–Kier alpha value is -2.41. The number of nitrogens with zero attached hydrogens (tertiary/aromatic N) is 1. The molecule has 20 heavy (non-hydrogen) atoms. The molecule has 0 fully saturated rings. The number of halogens is 2.